The van der Waals surface area contributed by atoms with Crippen LogP contribution < -0.4 is 10.2 Å². The number of fused-ring (bicyclic) bond motifs is 1. The summed E-state index contributed by atoms with van der Waals surface area (Å²) in [6, 6.07) is 18.6. The Kier molecular flexibility index (Phi) is 4.93. The molecule has 2 aromatic carbocycles. The summed E-state index contributed by atoms with van der Waals surface area (Å²) < 4.78 is 0. The number of carbonyl (C=O) groups excluding carboxylic acids is 1. The highest BCUT2D eigenvalue weighted by Crippen LogP contribution is 2.35. The number of anilines is 1. The van der Waals surface area contributed by atoms with E-state index < -0.39 is 0 Å². The van der Waals surface area contributed by atoms with Gasteiger partial charge in [-0.3, -0.25) is 4.90 Å². The molecule has 0 bridgehead atoms. The van der Waals surface area contributed by atoms with Gasteiger partial charge < -0.3 is 10.2 Å². The monoisotopic (exact) mass is 349 g/mol. The van der Waals surface area contributed by atoms with E-state index in [2.05, 4.69) is 47.5 Å². The van der Waals surface area contributed by atoms with Crippen LogP contribution in [-0.2, 0) is 0 Å². The second-order valence-electron chi connectivity index (χ2n) is 7.49. The maximum absolute atomic E-state index is 13.1. The molecular weight excluding hydrogens is 322 g/mol. The van der Waals surface area contributed by atoms with Crippen molar-refractivity contribution in [3.63, 3.8) is 0 Å². The quantitative estimate of drug-likeness (QED) is 0.900. The molecule has 2 unspecified atom stereocenters. The van der Waals surface area contributed by atoms with Crippen LogP contribution in [-0.4, -0.2) is 37.1 Å². The van der Waals surface area contributed by atoms with Crippen LogP contribution in [0.15, 0.2) is 54.6 Å². The van der Waals surface area contributed by atoms with E-state index in [4.69, 9.17) is 0 Å². The highest BCUT2D eigenvalue weighted by molar-refractivity contribution is 5.94. The summed E-state index contributed by atoms with van der Waals surface area (Å²) >= 11 is 0. The first-order chi connectivity index (χ1) is 12.7. The molecule has 2 aliphatic rings. The molecule has 0 spiro atoms. The Labute approximate surface area is 155 Å². The van der Waals surface area contributed by atoms with Crippen molar-refractivity contribution in [3.8, 4) is 0 Å². The van der Waals surface area contributed by atoms with Gasteiger partial charge in [0.05, 0.1) is 6.04 Å². The summed E-state index contributed by atoms with van der Waals surface area (Å²) in [5, 5.41) is 3.31. The van der Waals surface area contributed by atoms with Crippen LogP contribution in [0.3, 0.4) is 0 Å². The van der Waals surface area contributed by atoms with Crippen LogP contribution in [0, 0.1) is 0 Å². The SMILES string of the molecule is CC1CN(C(=O)NC(CN2CCCC2)c2ccccc2)c2ccccc21. The first kappa shape index (κ1) is 17.1. The summed E-state index contributed by atoms with van der Waals surface area (Å²) in [4.78, 5) is 17.5. The topological polar surface area (TPSA) is 35.6 Å². The average Bonchev–Trinajstić information content (AvgIpc) is 3.30. The molecule has 2 amide bonds. The number of urea groups is 1. The molecule has 1 saturated heterocycles. The summed E-state index contributed by atoms with van der Waals surface area (Å²) in [5.74, 6) is 0.380. The maximum Gasteiger partial charge on any atom is 0.322 e. The number of nitrogens with one attached hydrogen (secondary N) is 1. The van der Waals surface area contributed by atoms with Crippen molar-refractivity contribution in [2.75, 3.05) is 31.1 Å². The number of hydrogen-bond donors (Lipinski definition) is 1. The van der Waals surface area contributed by atoms with Crippen LogP contribution in [0.1, 0.15) is 42.9 Å². The fourth-order valence-electron chi connectivity index (χ4n) is 4.18. The molecule has 136 valence electrons. The van der Waals surface area contributed by atoms with Gasteiger partial charge >= 0.3 is 6.03 Å². The molecule has 2 aliphatic heterocycles. The number of carbonyl (C=O) groups is 1. The molecule has 1 fully saturated rings. The van der Waals surface area contributed by atoms with E-state index in [-0.39, 0.29) is 12.1 Å². The van der Waals surface area contributed by atoms with Crippen LogP contribution >= 0.6 is 0 Å². The van der Waals surface area contributed by atoms with Gasteiger partial charge in [0.15, 0.2) is 0 Å². The lowest BCUT2D eigenvalue weighted by Gasteiger charge is -2.27. The zero-order valence-corrected chi connectivity index (χ0v) is 15.4. The number of rotatable bonds is 4. The van der Waals surface area contributed by atoms with Gasteiger partial charge in [-0.2, -0.15) is 0 Å². The molecule has 4 rings (SSSR count). The maximum atomic E-state index is 13.1. The fourth-order valence-corrected chi connectivity index (χ4v) is 4.18. The first-order valence-electron chi connectivity index (χ1n) is 9.66. The second-order valence-corrected chi connectivity index (χ2v) is 7.49. The zero-order valence-electron chi connectivity index (χ0n) is 15.4. The molecule has 4 heteroatoms. The first-order valence-corrected chi connectivity index (χ1v) is 9.66. The second kappa shape index (κ2) is 7.50. The Morgan fingerprint density at radius 3 is 2.54 bits per heavy atom. The van der Waals surface area contributed by atoms with E-state index in [1.807, 2.05) is 29.2 Å². The van der Waals surface area contributed by atoms with Gasteiger partial charge in [-0.05, 0) is 43.1 Å². The standard InChI is InChI=1S/C22H27N3O/c1-17-15-25(21-12-6-5-11-19(17)21)22(26)23-20(16-24-13-7-8-14-24)18-9-3-2-4-10-18/h2-6,9-12,17,20H,7-8,13-16H2,1H3,(H,23,26). The smallest absolute Gasteiger partial charge is 0.322 e. The normalized spacial score (nSPS) is 20.8. The summed E-state index contributed by atoms with van der Waals surface area (Å²) in [7, 11) is 0. The lowest BCUT2D eigenvalue weighted by molar-refractivity contribution is 0.235. The molecule has 26 heavy (non-hydrogen) atoms. The summed E-state index contributed by atoms with van der Waals surface area (Å²) in [5.41, 5.74) is 3.48. The highest BCUT2D eigenvalue weighted by atomic mass is 16.2. The fraction of sp³-hybridized carbons (Fsp3) is 0.409. The third kappa shape index (κ3) is 3.47. The van der Waals surface area contributed by atoms with Gasteiger partial charge in [0.1, 0.15) is 0 Å². The molecule has 4 nitrogen and oxygen atoms in total. The Bertz CT molecular complexity index is 755. The van der Waals surface area contributed by atoms with Gasteiger partial charge in [0, 0.05) is 24.7 Å². The van der Waals surface area contributed by atoms with E-state index in [9.17, 15) is 4.79 Å². The Balaban J connectivity index is 1.53. The number of benzene rings is 2. The van der Waals surface area contributed by atoms with Crippen molar-refractivity contribution in [1.82, 2.24) is 10.2 Å². The Hall–Kier alpha value is -2.33. The van der Waals surface area contributed by atoms with Crippen molar-refractivity contribution >= 4 is 11.7 Å². The highest BCUT2D eigenvalue weighted by Gasteiger charge is 2.31. The summed E-state index contributed by atoms with van der Waals surface area (Å²) in [6.45, 7) is 6.06. The van der Waals surface area contributed by atoms with E-state index in [0.29, 0.717) is 5.92 Å². The largest absolute Gasteiger partial charge is 0.330 e. The number of nitrogens with zero attached hydrogens (tertiary/aromatic N) is 2. The number of hydrogen-bond acceptors (Lipinski definition) is 2. The van der Waals surface area contributed by atoms with Gasteiger partial charge in [0.2, 0.25) is 0 Å². The van der Waals surface area contributed by atoms with E-state index in [1.165, 1.54) is 24.0 Å². The molecule has 0 saturated carbocycles. The molecular formula is C22H27N3O. The van der Waals surface area contributed by atoms with Crippen molar-refractivity contribution < 1.29 is 4.79 Å². The average molecular weight is 349 g/mol. The van der Waals surface area contributed by atoms with Gasteiger partial charge in [-0.1, -0.05) is 55.5 Å². The van der Waals surface area contributed by atoms with Gasteiger partial charge in [0.25, 0.3) is 0 Å². The van der Waals surface area contributed by atoms with E-state index >= 15 is 0 Å². The zero-order chi connectivity index (χ0) is 17.9. The lowest BCUT2D eigenvalue weighted by Crippen LogP contribution is -2.44. The van der Waals surface area contributed by atoms with Crippen LogP contribution in [0.25, 0.3) is 0 Å². The van der Waals surface area contributed by atoms with E-state index in [0.717, 1.165) is 31.9 Å². The Morgan fingerprint density at radius 1 is 1.08 bits per heavy atom. The molecule has 2 heterocycles. The third-order valence-electron chi connectivity index (χ3n) is 5.60. The molecule has 1 N–H and O–H groups in total. The lowest BCUT2D eigenvalue weighted by atomic mass is 10.0. The minimum Gasteiger partial charge on any atom is -0.330 e. The van der Waals surface area contributed by atoms with Crippen molar-refractivity contribution in [2.24, 2.45) is 0 Å². The number of amides is 2. The number of likely N-dealkylation sites (tertiary alicyclic amines) is 1. The third-order valence-corrected chi connectivity index (χ3v) is 5.60. The molecule has 0 aliphatic carbocycles. The van der Waals surface area contributed by atoms with Crippen LogP contribution in [0.4, 0.5) is 10.5 Å². The molecule has 2 atom stereocenters. The van der Waals surface area contributed by atoms with Gasteiger partial charge in [-0.25, -0.2) is 4.79 Å². The van der Waals surface area contributed by atoms with E-state index in [1.54, 1.807) is 0 Å². The van der Waals surface area contributed by atoms with Crippen LogP contribution in [0.5, 0.6) is 0 Å². The van der Waals surface area contributed by atoms with Crippen LogP contribution in [0.2, 0.25) is 0 Å². The molecule has 2 aromatic rings. The predicted molar refractivity (Wildman–Crippen MR) is 106 cm³/mol. The van der Waals surface area contributed by atoms with Gasteiger partial charge in [-0.15, -0.1) is 0 Å². The minimum absolute atomic E-state index is 0.00912. The Morgan fingerprint density at radius 2 is 1.77 bits per heavy atom. The minimum atomic E-state index is 0.00912. The molecule has 0 radical (unpaired) electrons. The predicted octanol–water partition coefficient (Wildman–Crippen LogP) is 4.16. The van der Waals surface area contributed by atoms with Crippen molar-refractivity contribution in [2.45, 2.75) is 31.7 Å². The number of para-hydroxylation sites is 1. The summed E-state index contributed by atoms with van der Waals surface area (Å²) in [6.07, 6.45) is 2.51. The van der Waals surface area contributed by atoms with Crippen molar-refractivity contribution in [1.29, 1.82) is 0 Å². The molecule has 0 aromatic heterocycles. The van der Waals surface area contributed by atoms with Crippen molar-refractivity contribution in [3.05, 3.63) is 65.7 Å².